The summed E-state index contributed by atoms with van der Waals surface area (Å²) in [4.78, 5) is 16.6. The van der Waals surface area contributed by atoms with Gasteiger partial charge in [0.15, 0.2) is 11.6 Å². The third-order valence-electron chi connectivity index (χ3n) is 4.21. The van der Waals surface area contributed by atoms with Gasteiger partial charge >= 0.3 is 0 Å². The summed E-state index contributed by atoms with van der Waals surface area (Å²) in [7, 11) is 0. The monoisotopic (exact) mass is 309 g/mol. The second-order valence-electron chi connectivity index (χ2n) is 5.87. The molecule has 2 aromatic heterocycles. The Hall–Kier alpha value is -2.68. The summed E-state index contributed by atoms with van der Waals surface area (Å²) in [5.41, 5.74) is 0.340. The van der Waals surface area contributed by atoms with Crippen LogP contribution >= 0.6 is 0 Å². The molecular formula is C17H19N5O. The number of rotatable bonds is 4. The average molecular weight is 309 g/mol. The lowest BCUT2D eigenvalue weighted by molar-refractivity contribution is -0.117. The lowest BCUT2D eigenvalue weighted by Crippen LogP contribution is -2.20. The van der Waals surface area contributed by atoms with Crippen LogP contribution in [-0.4, -0.2) is 20.7 Å². The third-order valence-corrected chi connectivity index (χ3v) is 4.21. The first kappa shape index (κ1) is 15.2. The van der Waals surface area contributed by atoms with Gasteiger partial charge in [-0.15, -0.1) is 0 Å². The molecule has 0 bridgehead atoms. The summed E-state index contributed by atoms with van der Waals surface area (Å²) in [5.74, 6) is 1.35. The number of hydrogen-bond donors (Lipinski definition) is 1. The molecule has 0 atom stereocenters. The Morgan fingerprint density at radius 1 is 1.35 bits per heavy atom. The average Bonchev–Trinajstić information content (AvgIpc) is 2.99. The highest BCUT2D eigenvalue weighted by molar-refractivity contribution is 5.91. The number of nitriles is 1. The molecule has 0 aromatic carbocycles. The topological polar surface area (TPSA) is 83.6 Å². The van der Waals surface area contributed by atoms with Crippen molar-refractivity contribution in [1.29, 1.82) is 5.26 Å². The number of nitrogens with zero attached hydrogens (tertiary/aromatic N) is 4. The van der Waals surface area contributed by atoms with Gasteiger partial charge in [-0.2, -0.15) is 15.0 Å². The summed E-state index contributed by atoms with van der Waals surface area (Å²) in [6, 6.07) is 7.49. The van der Waals surface area contributed by atoms with E-state index in [-0.39, 0.29) is 5.91 Å². The number of carbonyl (C=O) groups excluding carboxylic acids is 1. The summed E-state index contributed by atoms with van der Waals surface area (Å²) < 4.78 is 1.50. The third kappa shape index (κ3) is 3.57. The zero-order chi connectivity index (χ0) is 16.1. The number of anilines is 1. The summed E-state index contributed by atoms with van der Waals surface area (Å²) in [5, 5.41) is 16.3. The van der Waals surface area contributed by atoms with Gasteiger partial charge in [-0.3, -0.25) is 4.79 Å². The lowest BCUT2D eigenvalue weighted by Gasteiger charge is -2.20. The first-order valence-electron chi connectivity index (χ1n) is 7.97. The van der Waals surface area contributed by atoms with Crippen molar-refractivity contribution in [1.82, 2.24) is 14.8 Å². The molecule has 1 amide bonds. The smallest absolute Gasteiger partial charge is 0.225 e. The molecule has 0 saturated heterocycles. The number of nitrogens with one attached hydrogen (secondary N) is 1. The van der Waals surface area contributed by atoms with Crippen LogP contribution < -0.4 is 5.32 Å². The molecule has 23 heavy (non-hydrogen) atoms. The van der Waals surface area contributed by atoms with Crippen molar-refractivity contribution in [3.8, 4) is 11.9 Å². The quantitative estimate of drug-likeness (QED) is 0.940. The highest BCUT2D eigenvalue weighted by Crippen LogP contribution is 2.27. The van der Waals surface area contributed by atoms with Gasteiger partial charge in [0.25, 0.3) is 0 Å². The first-order chi connectivity index (χ1) is 11.3. The van der Waals surface area contributed by atoms with Crippen LogP contribution in [0.4, 0.5) is 5.82 Å². The molecule has 3 rings (SSSR count). The minimum Gasteiger partial charge on any atom is -0.309 e. The minimum absolute atomic E-state index is 0.0638. The van der Waals surface area contributed by atoms with Crippen molar-refractivity contribution in [2.24, 2.45) is 5.92 Å². The Kier molecular flexibility index (Phi) is 4.67. The first-order valence-corrected chi connectivity index (χ1v) is 7.97. The fourth-order valence-corrected chi connectivity index (χ4v) is 3.04. The number of amides is 1. The van der Waals surface area contributed by atoms with Crippen LogP contribution in [0.15, 0.2) is 30.6 Å². The molecule has 0 spiro atoms. The van der Waals surface area contributed by atoms with Crippen LogP contribution in [0, 0.1) is 17.2 Å². The van der Waals surface area contributed by atoms with E-state index in [4.69, 9.17) is 0 Å². The van der Waals surface area contributed by atoms with E-state index in [0.29, 0.717) is 29.5 Å². The molecule has 0 aliphatic heterocycles. The van der Waals surface area contributed by atoms with Gasteiger partial charge < -0.3 is 5.32 Å². The van der Waals surface area contributed by atoms with Gasteiger partial charge in [-0.05, 0) is 30.9 Å². The van der Waals surface area contributed by atoms with Gasteiger partial charge in [0.1, 0.15) is 11.6 Å². The molecular weight excluding hydrogens is 290 g/mol. The fraction of sp³-hybridized carbons (Fsp3) is 0.412. The van der Waals surface area contributed by atoms with Crippen LogP contribution in [0.25, 0.3) is 5.82 Å². The van der Waals surface area contributed by atoms with Gasteiger partial charge in [-0.25, -0.2) is 4.98 Å². The number of carbonyl (C=O) groups is 1. The van der Waals surface area contributed by atoms with Crippen LogP contribution in [-0.2, 0) is 4.79 Å². The summed E-state index contributed by atoms with van der Waals surface area (Å²) in [6.45, 7) is 0. The van der Waals surface area contributed by atoms with E-state index in [9.17, 15) is 10.1 Å². The second kappa shape index (κ2) is 7.05. The second-order valence-corrected chi connectivity index (χ2v) is 5.87. The Labute approximate surface area is 135 Å². The van der Waals surface area contributed by atoms with Crippen LogP contribution in [0.2, 0.25) is 0 Å². The van der Waals surface area contributed by atoms with E-state index in [1.54, 1.807) is 18.3 Å². The lowest BCUT2D eigenvalue weighted by atomic mass is 9.87. The molecule has 1 fully saturated rings. The maximum absolute atomic E-state index is 12.3. The molecule has 6 heteroatoms. The Morgan fingerprint density at radius 2 is 2.17 bits per heavy atom. The number of aromatic nitrogens is 3. The van der Waals surface area contributed by atoms with Gasteiger partial charge in [0.2, 0.25) is 5.91 Å². The zero-order valence-electron chi connectivity index (χ0n) is 12.9. The predicted molar refractivity (Wildman–Crippen MR) is 85.9 cm³/mol. The van der Waals surface area contributed by atoms with E-state index in [2.05, 4.69) is 21.5 Å². The highest BCUT2D eigenvalue weighted by Gasteiger charge is 2.20. The van der Waals surface area contributed by atoms with Crippen molar-refractivity contribution in [3.63, 3.8) is 0 Å². The predicted octanol–water partition coefficient (Wildman–Crippen LogP) is 3.05. The molecule has 1 aliphatic carbocycles. The SMILES string of the molecule is N#Cc1cnn(-c2ccccn2)c1NC(=O)CC1CCCCC1. The van der Waals surface area contributed by atoms with Crippen molar-refractivity contribution in [3.05, 3.63) is 36.2 Å². The minimum atomic E-state index is -0.0638. The van der Waals surface area contributed by atoms with Crippen molar-refractivity contribution in [2.45, 2.75) is 38.5 Å². The normalized spacial score (nSPS) is 15.1. The molecule has 2 heterocycles. The molecule has 1 N–H and O–H groups in total. The standard InChI is InChI=1S/C17H19N5O/c18-11-14-12-20-22(15-8-4-5-9-19-15)17(14)21-16(23)10-13-6-2-1-3-7-13/h4-5,8-9,12-13H,1-3,6-7,10H2,(H,21,23). The van der Waals surface area contributed by atoms with E-state index >= 15 is 0 Å². The molecule has 0 unspecified atom stereocenters. The van der Waals surface area contributed by atoms with Crippen LogP contribution in [0.3, 0.4) is 0 Å². The zero-order valence-corrected chi connectivity index (χ0v) is 12.9. The van der Waals surface area contributed by atoms with Gasteiger partial charge in [0, 0.05) is 12.6 Å². The Bertz CT molecular complexity index is 710. The molecule has 1 aliphatic rings. The van der Waals surface area contributed by atoms with E-state index in [1.165, 1.54) is 30.1 Å². The highest BCUT2D eigenvalue weighted by atomic mass is 16.1. The Morgan fingerprint density at radius 3 is 2.87 bits per heavy atom. The molecule has 1 saturated carbocycles. The van der Waals surface area contributed by atoms with Gasteiger partial charge in [0.05, 0.1) is 6.20 Å². The molecule has 0 radical (unpaired) electrons. The van der Waals surface area contributed by atoms with Crippen molar-refractivity contribution < 1.29 is 4.79 Å². The number of hydrogen-bond acceptors (Lipinski definition) is 4. The summed E-state index contributed by atoms with van der Waals surface area (Å²) >= 11 is 0. The maximum Gasteiger partial charge on any atom is 0.225 e. The van der Waals surface area contributed by atoms with E-state index in [1.807, 2.05) is 6.07 Å². The molecule has 6 nitrogen and oxygen atoms in total. The Balaban J connectivity index is 1.77. The van der Waals surface area contributed by atoms with E-state index in [0.717, 1.165) is 12.8 Å². The summed E-state index contributed by atoms with van der Waals surface area (Å²) in [6.07, 6.45) is 9.49. The molecule has 2 aromatic rings. The van der Waals surface area contributed by atoms with Gasteiger partial charge in [-0.1, -0.05) is 25.3 Å². The largest absolute Gasteiger partial charge is 0.309 e. The van der Waals surface area contributed by atoms with E-state index < -0.39 is 0 Å². The molecule has 118 valence electrons. The van der Waals surface area contributed by atoms with Crippen molar-refractivity contribution >= 4 is 11.7 Å². The maximum atomic E-state index is 12.3. The van der Waals surface area contributed by atoms with Crippen LogP contribution in [0.5, 0.6) is 0 Å². The van der Waals surface area contributed by atoms with Crippen molar-refractivity contribution in [2.75, 3.05) is 5.32 Å². The fourth-order valence-electron chi connectivity index (χ4n) is 3.04. The van der Waals surface area contributed by atoms with Crippen LogP contribution in [0.1, 0.15) is 44.1 Å². The number of pyridine rings is 1.